The Labute approximate surface area is 102 Å². The van der Waals surface area contributed by atoms with Gasteiger partial charge < -0.3 is 0 Å². The highest BCUT2D eigenvalue weighted by molar-refractivity contribution is 8.03. The van der Waals surface area contributed by atoms with Crippen LogP contribution in [0.25, 0.3) is 0 Å². The molecule has 0 unspecified atom stereocenters. The first-order valence-electron chi connectivity index (χ1n) is 5.47. The summed E-state index contributed by atoms with van der Waals surface area (Å²) in [5.74, 6) is 0.802. The monoisotopic (exact) mass is 273 g/mol. The van der Waals surface area contributed by atoms with Crippen molar-refractivity contribution in [1.82, 2.24) is 0 Å². The van der Waals surface area contributed by atoms with Crippen LogP contribution in [0.15, 0.2) is 32.9 Å². The SMILES string of the molecule is Cc1ccc(S(=O)(=O)N=S2(=O)CCCC2)cc1. The maximum atomic E-state index is 12.1. The van der Waals surface area contributed by atoms with Crippen molar-refractivity contribution in [2.24, 2.45) is 3.77 Å². The molecule has 0 atom stereocenters. The number of hydrogen-bond acceptors (Lipinski definition) is 3. The molecule has 0 aromatic heterocycles. The van der Waals surface area contributed by atoms with Gasteiger partial charge in [-0.3, -0.25) is 0 Å². The van der Waals surface area contributed by atoms with E-state index in [1.54, 1.807) is 12.1 Å². The second kappa shape index (κ2) is 4.42. The molecule has 0 amide bonds. The van der Waals surface area contributed by atoms with Gasteiger partial charge in [-0.05, 0) is 31.9 Å². The van der Waals surface area contributed by atoms with E-state index >= 15 is 0 Å². The van der Waals surface area contributed by atoms with Crippen LogP contribution in [0.2, 0.25) is 0 Å². The van der Waals surface area contributed by atoms with E-state index in [0.29, 0.717) is 11.5 Å². The molecule has 0 N–H and O–H groups in total. The van der Waals surface area contributed by atoms with Crippen LogP contribution in [0.1, 0.15) is 18.4 Å². The molecule has 4 nitrogen and oxygen atoms in total. The molecule has 0 radical (unpaired) electrons. The van der Waals surface area contributed by atoms with Crippen molar-refractivity contribution in [2.45, 2.75) is 24.7 Å². The molecular weight excluding hydrogens is 258 g/mol. The number of sulfonamides is 1. The molecule has 0 bridgehead atoms. The molecular formula is C11H15NO3S2. The minimum atomic E-state index is -3.77. The van der Waals surface area contributed by atoms with Crippen LogP contribution in [-0.2, 0) is 19.8 Å². The van der Waals surface area contributed by atoms with E-state index in [0.717, 1.165) is 18.4 Å². The van der Waals surface area contributed by atoms with Gasteiger partial charge in [0.15, 0.2) is 0 Å². The molecule has 1 heterocycles. The lowest BCUT2D eigenvalue weighted by Gasteiger charge is -2.02. The number of aryl methyl sites for hydroxylation is 1. The largest absolute Gasteiger partial charge is 0.290 e. The zero-order chi connectivity index (χ0) is 12.5. The third kappa shape index (κ3) is 2.87. The summed E-state index contributed by atoms with van der Waals surface area (Å²) in [6.07, 6.45) is 1.59. The Bertz CT molecular complexity index is 611. The van der Waals surface area contributed by atoms with Gasteiger partial charge in [0.05, 0.1) is 14.6 Å². The third-order valence-electron chi connectivity index (χ3n) is 2.73. The van der Waals surface area contributed by atoms with Crippen LogP contribution >= 0.6 is 0 Å². The van der Waals surface area contributed by atoms with Gasteiger partial charge >= 0.3 is 0 Å². The molecule has 1 aromatic rings. The van der Waals surface area contributed by atoms with Crippen molar-refractivity contribution in [3.05, 3.63) is 29.8 Å². The average Bonchev–Trinajstić information content (AvgIpc) is 2.64. The van der Waals surface area contributed by atoms with Crippen LogP contribution in [-0.4, -0.2) is 24.1 Å². The highest BCUT2D eigenvalue weighted by Gasteiger charge is 2.22. The Hall–Kier alpha value is -0.880. The fraction of sp³-hybridized carbons (Fsp3) is 0.455. The molecule has 1 fully saturated rings. The molecule has 17 heavy (non-hydrogen) atoms. The first kappa shape index (κ1) is 12.6. The van der Waals surface area contributed by atoms with E-state index in [9.17, 15) is 12.6 Å². The fourth-order valence-electron chi connectivity index (χ4n) is 1.76. The molecule has 94 valence electrons. The third-order valence-corrected chi connectivity index (χ3v) is 7.32. The average molecular weight is 273 g/mol. The van der Waals surface area contributed by atoms with Crippen LogP contribution in [0.5, 0.6) is 0 Å². The summed E-state index contributed by atoms with van der Waals surface area (Å²) in [6, 6.07) is 6.44. The molecule has 2 rings (SSSR count). The molecule has 1 saturated heterocycles. The van der Waals surface area contributed by atoms with E-state index in [4.69, 9.17) is 0 Å². The van der Waals surface area contributed by atoms with E-state index in [1.165, 1.54) is 12.1 Å². The van der Waals surface area contributed by atoms with E-state index in [-0.39, 0.29) is 4.90 Å². The van der Waals surface area contributed by atoms with E-state index in [2.05, 4.69) is 3.77 Å². The molecule has 1 aliphatic rings. The molecule has 1 aromatic carbocycles. The molecule has 0 saturated carbocycles. The highest BCUT2D eigenvalue weighted by atomic mass is 32.3. The minimum absolute atomic E-state index is 0.123. The molecule has 0 spiro atoms. The Morgan fingerprint density at radius 3 is 2.18 bits per heavy atom. The Balaban J connectivity index is 2.44. The lowest BCUT2D eigenvalue weighted by Crippen LogP contribution is -2.06. The van der Waals surface area contributed by atoms with Crippen molar-refractivity contribution < 1.29 is 12.6 Å². The topological polar surface area (TPSA) is 63.6 Å². The highest BCUT2D eigenvalue weighted by Crippen LogP contribution is 2.20. The standard InChI is InChI=1S/C11H15NO3S2/c1-10-4-6-11(7-5-10)17(14,15)12-16(13)8-2-3-9-16/h4-7H,2-3,8-9H2,1H3. The summed E-state index contributed by atoms with van der Waals surface area (Å²) >= 11 is 0. The number of rotatable bonds is 2. The summed E-state index contributed by atoms with van der Waals surface area (Å²) < 4.78 is 39.7. The second-order valence-electron chi connectivity index (χ2n) is 4.25. The van der Waals surface area contributed by atoms with Crippen molar-refractivity contribution in [1.29, 1.82) is 0 Å². The number of benzene rings is 1. The van der Waals surface area contributed by atoms with Gasteiger partial charge in [0, 0.05) is 11.5 Å². The summed E-state index contributed by atoms with van der Waals surface area (Å²) in [6.45, 7) is 1.88. The smallest absolute Gasteiger partial charge is 0.249 e. The maximum absolute atomic E-state index is 12.1. The zero-order valence-corrected chi connectivity index (χ0v) is 11.3. The second-order valence-corrected chi connectivity index (χ2v) is 8.63. The summed E-state index contributed by atoms with van der Waals surface area (Å²) in [4.78, 5) is 0.123. The Morgan fingerprint density at radius 2 is 1.65 bits per heavy atom. The van der Waals surface area contributed by atoms with Crippen molar-refractivity contribution >= 4 is 19.8 Å². The van der Waals surface area contributed by atoms with Crippen LogP contribution < -0.4 is 0 Å². The van der Waals surface area contributed by atoms with Gasteiger partial charge in [-0.25, -0.2) is 4.21 Å². The van der Waals surface area contributed by atoms with Gasteiger partial charge in [-0.15, -0.1) is 3.77 Å². The Kier molecular flexibility index (Phi) is 3.27. The summed E-state index contributed by atoms with van der Waals surface area (Å²) in [5.41, 5.74) is 0.981. The van der Waals surface area contributed by atoms with Crippen molar-refractivity contribution in [2.75, 3.05) is 11.5 Å². The minimum Gasteiger partial charge on any atom is -0.249 e. The lowest BCUT2D eigenvalue weighted by molar-refractivity contribution is 0.598. The summed E-state index contributed by atoms with van der Waals surface area (Å²) in [7, 11) is -6.30. The van der Waals surface area contributed by atoms with Gasteiger partial charge in [-0.1, -0.05) is 17.7 Å². The van der Waals surface area contributed by atoms with Gasteiger partial charge in [0.25, 0.3) is 10.0 Å². The van der Waals surface area contributed by atoms with Gasteiger partial charge in [0.1, 0.15) is 0 Å². The first-order chi connectivity index (χ1) is 7.91. The molecule has 0 aliphatic carbocycles. The number of hydrogen-bond donors (Lipinski definition) is 0. The fourth-order valence-corrected chi connectivity index (χ4v) is 6.13. The predicted octanol–water partition coefficient (Wildman–Crippen LogP) is 1.95. The zero-order valence-electron chi connectivity index (χ0n) is 9.63. The molecule has 1 aliphatic heterocycles. The van der Waals surface area contributed by atoms with E-state index < -0.39 is 19.8 Å². The molecule has 6 heteroatoms. The van der Waals surface area contributed by atoms with Gasteiger partial charge in [0.2, 0.25) is 0 Å². The first-order valence-corrected chi connectivity index (χ1v) is 8.76. The van der Waals surface area contributed by atoms with E-state index in [1.807, 2.05) is 6.92 Å². The Morgan fingerprint density at radius 1 is 1.12 bits per heavy atom. The number of nitrogens with zero attached hydrogens (tertiary/aromatic N) is 1. The normalized spacial score (nSPS) is 19.1. The van der Waals surface area contributed by atoms with Crippen molar-refractivity contribution in [3.8, 4) is 0 Å². The van der Waals surface area contributed by atoms with Crippen LogP contribution in [0.4, 0.5) is 0 Å². The van der Waals surface area contributed by atoms with Crippen LogP contribution in [0.3, 0.4) is 0 Å². The quantitative estimate of drug-likeness (QED) is 0.827. The predicted molar refractivity (Wildman–Crippen MR) is 67.9 cm³/mol. The van der Waals surface area contributed by atoms with Gasteiger partial charge in [-0.2, -0.15) is 8.42 Å². The van der Waals surface area contributed by atoms with Crippen molar-refractivity contribution in [3.63, 3.8) is 0 Å². The van der Waals surface area contributed by atoms with Crippen LogP contribution in [0, 0.1) is 6.92 Å². The maximum Gasteiger partial charge on any atom is 0.290 e. The summed E-state index contributed by atoms with van der Waals surface area (Å²) in [5, 5.41) is 0. The lowest BCUT2D eigenvalue weighted by atomic mass is 10.2.